The third kappa shape index (κ3) is 3.22. The van der Waals surface area contributed by atoms with Crippen molar-refractivity contribution in [1.29, 1.82) is 0 Å². The molecular formula is C16H10F3N3O2. The van der Waals surface area contributed by atoms with Crippen LogP contribution in [0.2, 0.25) is 0 Å². The average molecular weight is 333 g/mol. The van der Waals surface area contributed by atoms with E-state index in [-0.39, 0.29) is 5.82 Å². The number of rotatable bonds is 3. The number of aromatic nitrogens is 1. The second-order valence-electron chi connectivity index (χ2n) is 4.74. The van der Waals surface area contributed by atoms with E-state index in [0.29, 0.717) is 11.8 Å². The van der Waals surface area contributed by atoms with Crippen molar-refractivity contribution in [3.05, 3.63) is 66.0 Å². The van der Waals surface area contributed by atoms with Gasteiger partial charge in [-0.1, -0.05) is 35.5 Å². The first kappa shape index (κ1) is 15.6. The standard InChI is InChI=1S/C16H10F3N3O2/c17-10-6-7-11(15(19)14(10)18)20-16(23)21-13-8-12(24-22-13)9-4-2-1-3-5-9/h1-8H,(H2,20,21,22,23). The Balaban J connectivity index is 1.70. The number of nitrogens with one attached hydrogen (secondary N) is 2. The van der Waals surface area contributed by atoms with Gasteiger partial charge in [0.25, 0.3) is 0 Å². The second-order valence-corrected chi connectivity index (χ2v) is 4.74. The van der Waals surface area contributed by atoms with Gasteiger partial charge in [-0.2, -0.15) is 0 Å². The lowest BCUT2D eigenvalue weighted by atomic mass is 10.2. The van der Waals surface area contributed by atoms with Crippen LogP contribution in [0, 0.1) is 17.5 Å². The number of benzene rings is 2. The smallest absolute Gasteiger partial charge is 0.325 e. The highest BCUT2D eigenvalue weighted by Gasteiger charge is 2.16. The van der Waals surface area contributed by atoms with Crippen LogP contribution >= 0.6 is 0 Å². The van der Waals surface area contributed by atoms with E-state index in [1.54, 1.807) is 12.1 Å². The number of amides is 2. The maximum absolute atomic E-state index is 13.5. The largest absolute Gasteiger partial charge is 0.354 e. The monoisotopic (exact) mass is 333 g/mol. The predicted molar refractivity (Wildman–Crippen MR) is 80.9 cm³/mol. The third-order valence-electron chi connectivity index (χ3n) is 3.09. The lowest BCUT2D eigenvalue weighted by Crippen LogP contribution is -2.20. The fraction of sp³-hybridized carbons (Fsp3) is 0. The molecule has 0 aliphatic heterocycles. The fourth-order valence-electron chi connectivity index (χ4n) is 1.96. The maximum Gasteiger partial charge on any atom is 0.325 e. The van der Waals surface area contributed by atoms with Crippen molar-refractivity contribution in [2.24, 2.45) is 0 Å². The van der Waals surface area contributed by atoms with Gasteiger partial charge in [0.05, 0.1) is 5.69 Å². The van der Waals surface area contributed by atoms with E-state index in [2.05, 4.69) is 15.8 Å². The third-order valence-corrected chi connectivity index (χ3v) is 3.09. The minimum Gasteiger partial charge on any atom is -0.354 e. The zero-order valence-electron chi connectivity index (χ0n) is 12.0. The molecule has 5 nitrogen and oxygen atoms in total. The van der Waals surface area contributed by atoms with Crippen molar-refractivity contribution in [2.75, 3.05) is 10.6 Å². The van der Waals surface area contributed by atoms with E-state index in [1.165, 1.54) is 6.07 Å². The first-order valence-electron chi connectivity index (χ1n) is 6.78. The van der Waals surface area contributed by atoms with Crippen LogP contribution in [0.5, 0.6) is 0 Å². The van der Waals surface area contributed by atoms with E-state index in [0.717, 1.165) is 11.6 Å². The number of hydrogen-bond donors (Lipinski definition) is 2. The molecule has 2 amide bonds. The van der Waals surface area contributed by atoms with Crippen LogP contribution in [0.1, 0.15) is 0 Å². The molecular weight excluding hydrogens is 323 g/mol. The number of carbonyl (C=O) groups is 1. The van der Waals surface area contributed by atoms with Crippen LogP contribution in [0.3, 0.4) is 0 Å². The highest BCUT2D eigenvalue weighted by molar-refractivity contribution is 5.99. The topological polar surface area (TPSA) is 67.2 Å². The summed E-state index contributed by atoms with van der Waals surface area (Å²) >= 11 is 0. The average Bonchev–Trinajstić information content (AvgIpc) is 3.04. The Morgan fingerprint density at radius 1 is 0.958 bits per heavy atom. The molecule has 0 fully saturated rings. The van der Waals surface area contributed by atoms with Crippen molar-refractivity contribution in [1.82, 2.24) is 5.16 Å². The van der Waals surface area contributed by atoms with E-state index >= 15 is 0 Å². The number of urea groups is 1. The number of nitrogens with zero attached hydrogens (tertiary/aromatic N) is 1. The van der Waals surface area contributed by atoms with Crippen molar-refractivity contribution >= 4 is 17.5 Å². The van der Waals surface area contributed by atoms with Gasteiger partial charge < -0.3 is 9.84 Å². The lowest BCUT2D eigenvalue weighted by Gasteiger charge is -2.07. The normalized spacial score (nSPS) is 10.5. The van der Waals surface area contributed by atoms with Gasteiger partial charge in [-0.15, -0.1) is 0 Å². The first-order chi connectivity index (χ1) is 11.5. The van der Waals surface area contributed by atoms with Crippen molar-refractivity contribution in [2.45, 2.75) is 0 Å². The Kier molecular flexibility index (Phi) is 4.19. The number of hydrogen-bond acceptors (Lipinski definition) is 3. The van der Waals surface area contributed by atoms with E-state index in [1.807, 2.05) is 18.2 Å². The zero-order chi connectivity index (χ0) is 17.1. The quantitative estimate of drug-likeness (QED) is 0.698. The van der Waals surface area contributed by atoms with Crippen LogP contribution in [-0.4, -0.2) is 11.2 Å². The van der Waals surface area contributed by atoms with Gasteiger partial charge in [0.1, 0.15) is 0 Å². The predicted octanol–water partition coefficient (Wildman–Crippen LogP) is 4.40. The lowest BCUT2D eigenvalue weighted by molar-refractivity contribution is 0.261. The SMILES string of the molecule is O=C(Nc1cc(-c2ccccc2)on1)Nc1ccc(F)c(F)c1F. The summed E-state index contributed by atoms with van der Waals surface area (Å²) in [5.41, 5.74) is 0.253. The molecule has 0 saturated heterocycles. The molecule has 122 valence electrons. The van der Waals surface area contributed by atoms with Crippen LogP contribution in [0.15, 0.2) is 53.1 Å². The molecule has 0 saturated carbocycles. The molecule has 1 heterocycles. The number of carbonyl (C=O) groups excluding carboxylic acids is 1. The van der Waals surface area contributed by atoms with Gasteiger partial charge in [-0.3, -0.25) is 5.32 Å². The van der Waals surface area contributed by atoms with Crippen LogP contribution < -0.4 is 10.6 Å². The van der Waals surface area contributed by atoms with Gasteiger partial charge in [-0.25, -0.2) is 18.0 Å². The molecule has 0 bridgehead atoms. The molecule has 8 heteroatoms. The van der Waals surface area contributed by atoms with Gasteiger partial charge in [-0.05, 0) is 12.1 Å². The van der Waals surface area contributed by atoms with E-state index < -0.39 is 29.2 Å². The molecule has 2 aromatic carbocycles. The Morgan fingerprint density at radius 3 is 2.46 bits per heavy atom. The summed E-state index contributed by atoms with van der Waals surface area (Å²) in [6, 6.07) is 11.2. The summed E-state index contributed by atoms with van der Waals surface area (Å²) in [5, 5.41) is 8.02. The van der Waals surface area contributed by atoms with Crippen molar-refractivity contribution in [3.8, 4) is 11.3 Å². The summed E-state index contributed by atoms with van der Waals surface area (Å²) in [5.74, 6) is -4.00. The summed E-state index contributed by atoms with van der Waals surface area (Å²) in [4.78, 5) is 11.8. The van der Waals surface area contributed by atoms with Gasteiger partial charge in [0.2, 0.25) is 0 Å². The highest BCUT2D eigenvalue weighted by Crippen LogP contribution is 2.23. The highest BCUT2D eigenvalue weighted by atomic mass is 19.2. The molecule has 0 spiro atoms. The molecule has 0 unspecified atom stereocenters. The summed E-state index contributed by atoms with van der Waals surface area (Å²) < 4.78 is 44.5. The zero-order valence-corrected chi connectivity index (χ0v) is 12.0. The molecule has 0 aliphatic carbocycles. The van der Waals surface area contributed by atoms with Crippen molar-refractivity contribution in [3.63, 3.8) is 0 Å². The maximum atomic E-state index is 13.5. The van der Waals surface area contributed by atoms with Crippen LogP contribution in [-0.2, 0) is 0 Å². The number of anilines is 2. The minimum atomic E-state index is -1.67. The molecule has 1 aromatic heterocycles. The first-order valence-corrected chi connectivity index (χ1v) is 6.78. The fourth-order valence-corrected chi connectivity index (χ4v) is 1.96. The van der Waals surface area contributed by atoms with Crippen LogP contribution in [0.25, 0.3) is 11.3 Å². The van der Waals surface area contributed by atoms with Gasteiger partial charge in [0.15, 0.2) is 29.0 Å². The Labute approximate surface area is 134 Å². The molecule has 0 radical (unpaired) electrons. The van der Waals surface area contributed by atoms with E-state index in [4.69, 9.17) is 4.52 Å². The van der Waals surface area contributed by atoms with Crippen molar-refractivity contribution < 1.29 is 22.5 Å². The minimum absolute atomic E-state index is 0.0781. The Hall–Kier alpha value is -3.29. The van der Waals surface area contributed by atoms with Gasteiger partial charge in [0, 0.05) is 11.6 Å². The summed E-state index contributed by atoms with van der Waals surface area (Å²) in [6.45, 7) is 0. The Morgan fingerprint density at radius 2 is 1.71 bits per heavy atom. The van der Waals surface area contributed by atoms with Crippen LogP contribution in [0.4, 0.5) is 29.5 Å². The second kappa shape index (κ2) is 6.45. The molecule has 0 aliphatic rings. The summed E-state index contributed by atoms with van der Waals surface area (Å²) in [6.07, 6.45) is 0. The van der Waals surface area contributed by atoms with E-state index in [9.17, 15) is 18.0 Å². The molecule has 3 rings (SSSR count). The molecule has 24 heavy (non-hydrogen) atoms. The summed E-state index contributed by atoms with van der Waals surface area (Å²) in [7, 11) is 0. The molecule has 2 N–H and O–H groups in total. The Bertz CT molecular complexity index is 882. The van der Waals surface area contributed by atoms with Gasteiger partial charge >= 0.3 is 6.03 Å². The number of halogens is 3. The molecule has 0 atom stereocenters. The molecule has 3 aromatic rings.